The molecule has 0 fully saturated rings. The summed E-state index contributed by atoms with van der Waals surface area (Å²) >= 11 is 1.21. The standard InChI is InChI=1S/C19H20N6O3S/c1-12-4-9-17(28-3)16(10-12)25-19(22-23-24-25)29-11-18(27)21-15-7-5-14(6-8-15)20-13(2)26/h4-10H,11H2,1-3H3,(H,20,26)(H,21,27). The Kier molecular flexibility index (Phi) is 6.45. The number of benzene rings is 2. The number of rotatable bonds is 7. The summed E-state index contributed by atoms with van der Waals surface area (Å²) in [5, 5.41) is 17.7. The van der Waals surface area contributed by atoms with E-state index in [0.29, 0.717) is 28.0 Å². The highest BCUT2D eigenvalue weighted by Crippen LogP contribution is 2.27. The lowest BCUT2D eigenvalue weighted by molar-refractivity contribution is -0.114. The van der Waals surface area contributed by atoms with Crippen LogP contribution in [0.3, 0.4) is 0 Å². The Labute approximate surface area is 171 Å². The number of tetrazole rings is 1. The number of ether oxygens (including phenoxy) is 1. The zero-order valence-corrected chi connectivity index (χ0v) is 17.0. The van der Waals surface area contributed by atoms with E-state index < -0.39 is 0 Å². The molecule has 2 aromatic carbocycles. The van der Waals surface area contributed by atoms with Gasteiger partial charge in [0.2, 0.25) is 17.0 Å². The van der Waals surface area contributed by atoms with E-state index in [1.165, 1.54) is 18.7 Å². The Balaban J connectivity index is 1.64. The van der Waals surface area contributed by atoms with Gasteiger partial charge in [0.1, 0.15) is 11.4 Å². The van der Waals surface area contributed by atoms with Crippen molar-refractivity contribution in [3.63, 3.8) is 0 Å². The Morgan fingerprint density at radius 1 is 1.10 bits per heavy atom. The number of methoxy groups -OCH3 is 1. The maximum absolute atomic E-state index is 12.3. The molecule has 29 heavy (non-hydrogen) atoms. The zero-order valence-electron chi connectivity index (χ0n) is 16.2. The van der Waals surface area contributed by atoms with Gasteiger partial charge in [-0.1, -0.05) is 17.8 Å². The van der Waals surface area contributed by atoms with Crippen LogP contribution in [0.15, 0.2) is 47.6 Å². The first-order valence-electron chi connectivity index (χ1n) is 8.70. The van der Waals surface area contributed by atoms with E-state index in [4.69, 9.17) is 4.74 Å². The second-order valence-electron chi connectivity index (χ2n) is 6.14. The third-order valence-corrected chi connectivity index (χ3v) is 4.74. The highest BCUT2D eigenvalue weighted by Gasteiger charge is 2.15. The summed E-state index contributed by atoms with van der Waals surface area (Å²) in [5.41, 5.74) is 3.03. The van der Waals surface area contributed by atoms with Crippen molar-refractivity contribution in [3.05, 3.63) is 48.0 Å². The lowest BCUT2D eigenvalue weighted by atomic mass is 10.2. The number of aromatic nitrogens is 4. The summed E-state index contributed by atoms with van der Waals surface area (Å²) < 4.78 is 6.93. The molecule has 10 heteroatoms. The number of hydrogen-bond donors (Lipinski definition) is 2. The smallest absolute Gasteiger partial charge is 0.234 e. The van der Waals surface area contributed by atoms with Gasteiger partial charge >= 0.3 is 0 Å². The van der Waals surface area contributed by atoms with Crippen molar-refractivity contribution in [2.24, 2.45) is 0 Å². The number of carbonyl (C=O) groups excluding carboxylic acids is 2. The topological polar surface area (TPSA) is 111 Å². The van der Waals surface area contributed by atoms with Crippen molar-refractivity contribution in [1.82, 2.24) is 20.2 Å². The summed E-state index contributed by atoms with van der Waals surface area (Å²) in [6.45, 7) is 3.40. The van der Waals surface area contributed by atoms with Crippen molar-refractivity contribution < 1.29 is 14.3 Å². The van der Waals surface area contributed by atoms with Crippen molar-refractivity contribution in [2.75, 3.05) is 23.5 Å². The molecule has 0 saturated heterocycles. The SMILES string of the molecule is COc1ccc(C)cc1-n1nnnc1SCC(=O)Nc1ccc(NC(C)=O)cc1. The summed E-state index contributed by atoms with van der Waals surface area (Å²) in [5.74, 6) is 0.407. The molecule has 3 aromatic rings. The molecule has 0 aliphatic carbocycles. The summed E-state index contributed by atoms with van der Waals surface area (Å²) in [4.78, 5) is 23.3. The van der Waals surface area contributed by atoms with Crippen molar-refractivity contribution >= 4 is 35.0 Å². The maximum Gasteiger partial charge on any atom is 0.234 e. The molecule has 9 nitrogen and oxygen atoms in total. The van der Waals surface area contributed by atoms with Crippen molar-refractivity contribution in [3.8, 4) is 11.4 Å². The van der Waals surface area contributed by atoms with Crippen molar-refractivity contribution in [1.29, 1.82) is 0 Å². The number of thioether (sulfide) groups is 1. The normalized spacial score (nSPS) is 10.4. The Bertz CT molecular complexity index is 1020. The first-order valence-corrected chi connectivity index (χ1v) is 9.68. The summed E-state index contributed by atoms with van der Waals surface area (Å²) in [7, 11) is 1.58. The average Bonchev–Trinajstić information content (AvgIpc) is 3.16. The van der Waals surface area contributed by atoms with Crippen LogP contribution in [0.5, 0.6) is 5.75 Å². The largest absolute Gasteiger partial charge is 0.494 e. The molecule has 0 aliphatic heterocycles. The molecule has 2 amide bonds. The van der Waals surface area contributed by atoms with Crippen LogP contribution in [0.4, 0.5) is 11.4 Å². The van der Waals surface area contributed by atoms with Crippen LogP contribution in [0, 0.1) is 6.92 Å². The minimum Gasteiger partial charge on any atom is -0.494 e. The molecule has 0 saturated carbocycles. The molecular formula is C19H20N6O3S. The number of anilines is 2. The van der Waals surface area contributed by atoms with Gasteiger partial charge in [0.25, 0.3) is 0 Å². The molecule has 1 aromatic heterocycles. The van der Waals surface area contributed by atoms with E-state index in [1.54, 1.807) is 36.1 Å². The van der Waals surface area contributed by atoms with E-state index in [1.807, 2.05) is 25.1 Å². The Morgan fingerprint density at radius 2 is 1.79 bits per heavy atom. The first-order chi connectivity index (χ1) is 14.0. The molecule has 0 aliphatic rings. The highest BCUT2D eigenvalue weighted by atomic mass is 32.2. The fourth-order valence-corrected chi connectivity index (χ4v) is 3.24. The van der Waals surface area contributed by atoms with Gasteiger partial charge in [-0.2, -0.15) is 4.68 Å². The van der Waals surface area contributed by atoms with Crippen LogP contribution >= 0.6 is 11.8 Å². The molecule has 0 atom stereocenters. The van der Waals surface area contributed by atoms with Gasteiger partial charge in [0.15, 0.2) is 0 Å². The molecular weight excluding hydrogens is 392 g/mol. The number of carbonyl (C=O) groups is 2. The summed E-state index contributed by atoms with van der Waals surface area (Å²) in [6, 6.07) is 12.6. The van der Waals surface area contributed by atoms with E-state index in [-0.39, 0.29) is 17.6 Å². The number of hydrogen-bond acceptors (Lipinski definition) is 7. The van der Waals surface area contributed by atoms with E-state index in [2.05, 4.69) is 26.2 Å². The third kappa shape index (κ3) is 5.32. The molecule has 1 heterocycles. The van der Waals surface area contributed by atoms with Gasteiger partial charge in [-0.15, -0.1) is 5.10 Å². The molecule has 0 radical (unpaired) electrons. The lowest BCUT2D eigenvalue weighted by Crippen LogP contribution is -2.15. The fraction of sp³-hybridized carbons (Fsp3) is 0.211. The lowest BCUT2D eigenvalue weighted by Gasteiger charge is -2.10. The van der Waals surface area contributed by atoms with Crippen LogP contribution in [-0.4, -0.2) is 44.9 Å². The van der Waals surface area contributed by atoms with E-state index >= 15 is 0 Å². The number of nitrogens with zero attached hydrogens (tertiary/aromatic N) is 4. The van der Waals surface area contributed by atoms with Crippen LogP contribution < -0.4 is 15.4 Å². The minimum absolute atomic E-state index is 0.127. The van der Waals surface area contributed by atoms with Gasteiger partial charge in [0.05, 0.1) is 12.9 Å². The van der Waals surface area contributed by atoms with Crippen LogP contribution in [0.1, 0.15) is 12.5 Å². The average molecular weight is 412 g/mol. The van der Waals surface area contributed by atoms with Gasteiger partial charge in [-0.3, -0.25) is 9.59 Å². The van der Waals surface area contributed by atoms with Crippen molar-refractivity contribution in [2.45, 2.75) is 19.0 Å². The maximum atomic E-state index is 12.3. The van der Waals surface area contributed by atoms with Crippen LogP contribution in [0.25, 0.3) is 5.69 Å². The van der Waals surface area contributed by atoms with Gasteiger partial charge in [-0.25, -0.2) is 0 Å². The number of aryl methyl sites for hydroxylation is 1. The minimum atomic E-state index is -0.201. The van der Waals surface area contributed by atoms with Gasteiger partial charge in [0, 0.05) is 18.3 Å². The highest BCUT2D eigenvalue weighted by molar-refractivity contribution is 7.99. The molecule has 3 rings (SSSR count). The first kappa shape index (κ1) is 20.3. The second kappa shape index (κ2) is 9.20. The van der Waals surface area contributed by atoms with E-state index in [0.717, 1.165) is 5.56 Å². The molecule has 0 unspecified atom stereocenters. The fourth-order valence-electron chi connectivity index (χ4n) is 2.55. The third-order valence-electron chi connectivity index (χ3n) is 3.82. The Hall–Kier alpha value is -3.40. The molecule has 0 spiro atoms. The zero-order chi connectivity index (χ0) is 20.8. The second-order valence-corrected chi connectivity index (χ2v) is 7.09. The summed E-state index contributed by atoms with van der Waals surface area (Å²) in [6.07, 6.45) is 0. The molecule has 2 N–H and O–H groups in total. The predicted molar refractivity (Wildman–Crippen MR) is 111 cm³/mol. The van der Waals surface area contributed by atoms with Crippen LogP contribution in [-0.2, 0) is 9.59 Å². The quantitative estimate of drug-likeness (QED) is 0.574. The number of nitrogens with one attached hydrogen (secondary N) is 2. The van der Waals surface area contributed by atoms with E-state index in [9.17, 15) is 9.59 Å². The predicted octanol–water partition coefficient (Wildman–Crippen LogP) is 2.67. The van der Waals surface area contributed by atoms with Crippen LogP contribution in [0.2, 0.25) is 0 Å². The monoisotopic (exact) mass is 412 g/mol. The number of amides is 2. The van der Waals surface area contributed by atoms with Gasteiger partial charge in [-0.05, 0) is 59.3 Å². The molecule has 0 bridgehead atoms. The van der Waals surface area contributed by atoms with Gasteiger partial charge < -0.3 is 15.4 Å². The molecule has 150 valence electrons. The Morgan fingerprint density at radius 3 is 2.45 bits per heavy atom.